The molecule has 0 aliphatic carbocycles. The van der Waals surface area contributed by atoms with Crippen LogP contribution in [0, 0.1) is 0 Å². The van der Waals surface area contributed by atoms with Crippen LogP contribution >= 0.6 is 7.60 Å². The van der Waals surface area contributed by atoms with Crippen molar-refractivity contribution in [3.8, 4) is 0 Å². The lowest BCUT2D eigenvalue weighted by Gasteiger charge is -2.20. The standard InChI is InChI=1S/C11H16NO3P/c1-12-8-2-3-11(12)9-4-6-10(7-5-9)16(13,14)15/h4-7,11H,2-3,8H2,1H3,(H2,13,14,15). The molecule has 0 bridgehead atoms. The van der Waals surface area contributed by atoms with Crippen molar-refractivity contribution < 1.29 is 14.4 Å². The van der Waals surface area contributed by atoms with Gasteiger partial charge >= 0.3 is 7.60 Å². The second kappa shape index (κ2) is 4.30. The number of likely N-dealkylation sites (tertiary alicyclic amines) is 1. The average Bonchev–Trinajstić information content (AvgIpc) is 2.63. The maximum Gasteiger partial charge on any atom is 0.356 e. The predicted molar refractivity (Wildman–Crippen MR) is 62.7 cm³/mol. The first-order chi connectivity index (χ1) is 7.48. The summed E-state index contributed by atoms with van der Waals surface area (Å²) in [5.41, 5.74) is 1.14. The van der Waals surface area contributed by atoms with E-state index < -0.39 is 7.60 Å². The van der Waals surface area contributed by atoms with Crippen LogP contribution in [0.3, 0.4) is 0 Å². The minimum Gasteiger partial charge on any atom is -0.321 e. The van der Waals surface area contributed by atoms with Crippen LogP contribution in [0.2, 0.25) is 0 Å². The lowest BCUT2D eigenvalue weighted by atomic mass is 10.1. The van der Waals surface area contributed by atoms with Crippen LogP contribution in [0.15, 0.2) is 24.3 Å². The van der Waals surface area contributed by atoms with Gasteiger partial charge in [-0.3, -0.25) is 9.46 Å². The van der Waals surface area contributed by atoms with Gasteiger partial charge in [0.15, 0.2) is 0 Å². The first kappa shape index (κ1) is 11.8. The molecule has 0 amide bonds. The Labute approximate surface area is 95.1 Å². The maximum atomic E-state index is 11.0. The van der Waals surface area contributed by atoms with Crippen LogP contribution < -0.4 is 5.30 Å². The van der Waals surface area contributed by atoms with Crippen LogP contribution in [-0.4, -0.2) is 28.3 Å². The molecule has 1 aromatic rings. The molecule has 0 radical (unpaired) electrons. The summed E-state index contributed by atoms with van der Waals surface area (Å²) in [4.78, 5) is 20.3. The van der Waals surface area contributed by atoms with E-state index in [9.17, 15) is 4.57 Å². The largest absolute Gasteiger partial charge is 0.356 e. The van der Waals surface area contributed by atoms with Crippen LogP contribution in [-0.2, 0) is 4.57 Å². The highest BCUT2D eigenvalue weighted by Crippen LogP contribution is 2.35. The molecule has 1 unspecified atom stereocenters. The zero-order valence-corrected chi connectivity index (χ0v) is 10.1. The Morgan fingerprint density at radius 2 is 1.94 bits per heavy atom. The Balaban J connectivity index is 2.22. The van der Waals surface area contributed by atoms with E-state index in [1.807, 2.05) is 12.1 Å². The van der Waals surface area contributed by atoms with Gasteiger partial charge in [-0.05, 0) is 44.1 Å². The fraction of sp³-hybridized carbons (Fsp3) is 0.455. The molecule has 16 heavy (non-hydrogen) atoms. The molecule has 4 nitrogen and oxygen atoms in total. The van der Waals surface area contributed by atoms with Gasteiger partial charge in [-0.15, -0.1) is 0 Å². The molecular weight excluding hydrogens is 225 g/mol. The van der Waals surface area contributed by atoms with Crippen molar-refractivity contribution in [3.05, 3.63) is 29.8 Å². The Kier molecular flexibility index (Phi) is 3.17. The van der Waals surface area contributed by atoms with Gasteiger partial charge in [-0.25, -0.2) is 0 Å². The van der Waals surface area contributed by atoms with Crippen molar-refractivity contribution >= 4 is 12.9 Å². The second-order valence-electron chi connectivity index (χ2n) is 4.27. The molecule has 1 aliphatic rings. The van der Waals surface area contributed by atoms with Crippen molar-refractivity contribution in [2.24, 2.45) is 0 Å². The van der Waals surface area contributed by atoms with Gasteiger partial charge in [0.05, 0.1) is 5.30 Å². The fourth-order valence-electron chi connectivity index (χ4n) is 2.22. The van der Waals surface area contributed by atoms with Gasteiger partial charge in [0.1, 0.15) is 0 Å². The zero-order valence-electron chi connectivity index (χ0n) is 9.21. The lowest BCUT2D eigenvalue weighted by Crippen LogP contribution is -2.17. The number of hydrogen-bond acceptors (Lipinski definition) is 2. The van der Waals surface area contributed by atoms with E-state index in [2.05, 4.69) is 11.9 Å². The van der Waals surface area contributed by atoms with E-state index in [4.69, 9.17) is 9.79 Å². The minimum absolute atomic E-state index is 0.0944. The number of nitrogens with zero attached hydrogens (tertiary/aromatic N) is 1. The summed E-state index contributed by atoms with van der Waals surface area (Å²) in [6, 6.07) is 7.10. The van der Waals surface area contributed by atoms with Crippen LogP contribution in [0.1, 0.15) is 24.4 Å². The normalized spacial score (nSPS) is 22.6. The highest BCUT2D eigenvalue weighted by Gasteiger charge is 2.23. The third-order valence-corrected chi connectivity index (χ3v) is 4.11. The Morgan fingerprint density at radius 3 is 2.38 bits per heavy atom. The molecule has 1 aliphatic heterocycles. The Hall–Kier alpha value is -0.670. The molecule has 0 spiro atoms. The summed E-state index contributed by atoms with van der Waals surface area (Å²) in [5, 5.41) is 0.0944. The lowest BCUT2D eigenvalue weighted by molar-refractivity contribution is 0.317. The van der Waals surface area contributed by atoms with E-state index in [1.165, 1.54) is 18.6 Å². The summed E-state index contributed by atoms with van der Waals surface area (Å²) in [6.45, 7) is 1.09. The molecule has 88 valence electrons. The number of hydrogen-bond donors (Lipinski definition) is 2. The molecule has 1 heterocycles. The van der Waals surface area contributed by atoms with E-state index >= 15 is 0 Å². The van der Waals surface area contributed by atoms with Crippen LogP contribution in [0.4, 0.5) is 0 Å². The van der Waals surface area contributed by atoms with Gasteiger partial charge in [0, 0.05) is 6.04 Å². The highest BCUT2D eigenvalue weighted by molar-refractivity contribution is 7.60. The van der Waals surface area contributed by atoms with Gasteiger partial charge in [-0.2, -0.15) is 0 Å². The van der Waals surface area contributed by atoms with Gasteiger partial charge < -0.3 is 9.79 Å². The molecule has 1 saturated heterocycles. The molecule has 1 atom stereocenters. The quantitative estimate of drug-likeness (QED) is 0.765. The molecule has 1 fully saturated rings. The molecule has 0 aromatic heterocycles. The summed E-state index contributed by atoms with van der Waals surface area (Å²) in [5.74, 6) is 0. The monoisotopic (exact) mass is 241 g/mol. The first-order valence-corrected chi connectivity index (χ1v) is 6.96. The van der Waals surface area contributed by atoms with Crippen LogP contribution in [0.5, 0.6) is 0 Å². The maximum absolute atomic E-state index is 11.0. The highest BCUT2D eigenvalue weighted by atomic mass is 31.2. The van der Waals surface area contributed by atoms with E-state index in [0.29, 0.717) is 6.04 Å². The third-order valence-electron chi connectivity index (χ3n) is 3.13. The minimum atomic E-state index is -4.10. The van der Waals surface area contributed by atoms with E-state index in [0.717, 1.165) is 18.5 Å². The topological polar surface area (TPSA) is 60.8 Å². The van der Waals surface area contributed by atoms with Crippen molar-refractivity contribution in [2.45, 2.75) is 18.9 Å². The fourth-order valence-corrected chi connectivity index (χ4v) is 2.76. The van der Waals surface area contributed by atoms with Gasteiger partial charge in [0.2, 0.25) is 0 Å². The second-order valence-corrected chi connectivity index (χ2v) is 5.88. The average molecular weight is 241 g/mol. The van der Waals surface area contributed by atoms with Gasteiger partial charge in [-0.1, -0.05) is 12.1 Å². The first-order valence-electron chi connectivity index (χ1n) is 5.35. The summed E-state index contributed by atoms with van der Waals surface area (Å²) < 4.78 is 11.0. The predicted octanol–water partition coefficient (Wildman–Crippen LogP) is 1.26. The van der Waals surface area contributed by atoms with Gasteiger partial charge in [0.25, 0.3) is 0 Å². The summed E-state index contributed by atoms with van der Waals surface area (Å²) in [7, 11) is -2.02. The molecule has 2 N–H and O–H groups in total. The van der Waals surface area contributed by atoms with E-state index in [1.54, 1.807) is 0 Å². The molecular formula is C11H16NO3P. The molecule has 2 rings (SSSR count). The van der Waals surface area contributed by atoms with E-state index in [-0.39, 0.29) is 5.30 Å². The van der Waals surface area contributed by atoms with Crippen molar-refractivity contribution in [1.82, 2.24) is 4.90 Å². The smallest absolute Gasteiger partial charge is 0.321 e. The van der Waals surface area contributed by atoms with Crippen molar-refractivity contribution in [3.63, 3.8) is 0 Å². The zero-order chi connectivity index (χ0) is 11.8. The number of rotatable bonds is 2. The third kappa shape index (κ3) is 2.36. The Morgan fingerprint density at radius 1 is 1.31 bits per heavy atom. The van der Waals surface area contributed by atoms with Crippen LogP contribution in [0.25, 0.3) is 0 Å². The summed E-state index contributed by atoms with van der Waals surface area (Å²) in [6.07, 6.45) is 2.30. The molecule has 0 saturated carbocycles. The Bertz CT molecular complexity index is 412. The SMILES string of the molecule is CN1CCCC1c1ccc(P(=O)(O)O)cc1. The van der Waals surface area contributed by atoms with Crippen molar-refractivity contribution in [1.29, 1.82) is 0 Å². The number of benzene rings is 1. The molecule has 5 heteroatoms. The van der Waals surface area contributed by atoms with Crippen molar-refractivity contribution in [2.75, 3.05) is 13.6 Å². The molecule has 1 aromatic carbocycles. The summed E-state index contributed by atoms with van der Waals surface area (Å²) >= 11 is 0.